The Morgan fingerprint density at radius 3 is 2.78 bits per heavy atom. The minimum Gasteiger partial charge on any atom is -0.497 e. The Morgan fingerprint density at radius 2 is 1.96 bits per heavy atom. The molecule has 27 heavy (non-hydrogen) atoms. The van der Waals surface area contributed by atoms with Crippen LogP contribution in [0, 0.1) is 6.92 Å². The number of carbonyl (C=O) groups is 1. The fourth-order valence-electron chi connectivity index (χ4n) is 3.71. The van der Waals surface area contributed by atoms with Crippen molar-refractivity contribution >= 4 is 22.5 Å². The summed E-state index contributed by atoms with van der Waals surface area (Å²) in [5, 5.41) is 8.04. The maximum atomic E-state index is 13.1. The molecule has 1 N–H and O–H groups in total. The van der Waals surface area contributed by atoms with Crippen LogP contribution in [0.25, 0.3) is 10.9 Å². The van der Waals surface area contributed by atoms with Crippen LogP contribution >= 0.6 is 0 Å². The van der Waals surface area contributed by atoms with Gasteiger partial charge in [-0.15, -0.1) is 0 Å². The van der Waals surface area contributed by atoms with E-state index in [0.29, 0.717) is 12.2 Å². The van der Waals surface area contributed by atoms with Crippen molar-refractivity contribution in [3.05, 3.63) is 53.7 Å². The first kappa shape index (κ1) is 17.4. The molecule has 1 aliphatic rings. The molecular weight excluding hydrogens is 340 g/mol. The largest absolute Gasteiger partial charge is 0.497 e. The summed E-state index contributed by atoms with van der Waals surface area (Å²) < 4.78 is 5.29. The number of hydrogen-bond acceptors (Lipinski definition) is 4. The normalized spacial score (nSPS) is 15.0. The van der Waals surface area contributed by atoms with E-state index in [2.05, 4.69) is 46.3 Å². The maximum absolute atomic E-state index is 13.1. The third kappa shape index (κ3) is 3.35. The molecule has 0 spiro atoms. The zero-order chi connectivity index (χ0) is 18.8. The molecule has 0 radical (unpaired) electrons. The number of rotatable bonds is 3. The second kappa shape index (κ2) is 7.31. The zero-order valence-corrected chi connectivity index (χ0v) is 15.7. The summed E-state index contributed by atoms with van der Waals surface area (Å²) in [5.74, 6) is 0.695. The maximum Gasteiger partial charge on any atom is 0.275 e. The summed E-state index contributed by atoms with van der Waals surface area (Å²) in [4.78, 5) is 17.4. The molecule has 6 heteroatoms. The van der Waals surface area contributed by atoms with Crippen molar-refractivity contribution in [1.29, 1.82) is 0 Å². The molecule has 0 unspecified atom stereocenters. The number of para-hydroxylation sites is 1. The van der Waals surface area contributed by atoms with Crippen molar-refractivity contribution in [3.8, 4) is 5.75 Å². The van der Waals surface area contributed by atoms with Gasteiger partial charge in [-0.05, 0) is 43.2 Å². The highest BCUT2D eigenvalue weighted by molar-refractivity contribution is 6.05. The first-order valence-electron chi connectivity index (χ1n) is 9.29. The lowest BCUT2D eigenvalue weighted by molar-refractivity contribution is 0.0763. The van der Waals surface area contributed by atoms with E-state index in [1.165, 1.54) is 11.3 Å². The Hall–Kier alpha value is -3.02. The first-order chi connectivity index (χ1) is 13.2. The van der Waals surface area contributed by atoms with E-state index in [1.807, 2.05) is 23.1 Å². The van der Waals surface area contributed by atoms with Gasteiger partial charge in [0.2, 0.25) is 0 Å². The molecule has 140 valence electrons. The Morgan fingerprint density at radius 1 is 1.11 bits per heavy atom. The number of nitrogens with one attached hydrogen (secondary N) is 1. The van der Waals surface area contributed by atoms with Crippen LogP contribution in [-0.4, -0.2) is 54.3 Å². The van der Waals surface area contributed by atoms with Crippen LogP contribution in [0.5, 0.6) is 5.75 Å². The topological polar surface area (TPSA) is 61.5 Å². The van der Waals surface area contributed by atoms with Gasteiger partial charge in [0.25, 0.3) is 5.91 Å². The predicted octanol–water partition coefficient (Wildman–Crippen LogP) is 3.23. The van der Waals surface area contributed by atoms with Gasteiger partial charge in [0.1, 0.15) is 5.75 Å². The minimum absolute atomic E-state index is 0.0267. The van der Waals surface area contributed by atoms with Gasteiger partial charge in [0.05, 0.1) is 12.6 Å². The van der Waals surface area contributed by atoms with Gasteiger partial charge in [0, 0.05) is 37.3 Å². The summed E-state index contributed by atoms with van der Waals surface area (Å²) in [6, 6.07) is 14.0. The molecule has 0 saturated carbocycles. The predicted molar refractivity (Wildman–Crippen MR) is 107 cm³/mol. The van der Waals surface area contributed by atoms with Crippen molar-refractivity contribution in [2.75, 3.05) is 38.2 Å². The molecule has 1 aromatic heterocycles. The van der Waals surface area contributed by atoms with Crippen molar-refractivity contribution in [2.45, 2.75) is 13.3 Å². The number of nitrogens with zero attached hydrogens (tertiary/aromatic N) is 3. The van der Waals surface area contributed by atoms with E-state index >= 15 is 0 Å². The third-order valence-corrected chi connectivity index (χ3v) is 5.21. The van der Waals surface area contributed by atoms with Gasteiger partial charge in [-0.25, -0.2) is 0 Å². The third-order valence-electron chi connectivity index (χ3n) is 5.21. The smallest absolute Gasteiger partial charge is 0.275 e. The number of anilines is 1. The monoisotopic (exact) mass is 364 g/mol. The molecule has 0 bridgehead atoms. The molecule has 4 rings (SSSR count). The highest BCUT2D eigenvalue weighted by atomic mass is 16.5. The molecule has 3 aromatic rings. The number of H-pyrrole nitrogens is 1. The lowest BCUT2D eigenvalue weighted by Crippen LogP contribution is -2.35. The minimum atomic E-state index is -0.0267. The Labute approximate surface area is 158 Å². The van der Waals surface area contributed by atoms with Gasteiger partial charge >= 0.3 is 0 Å². The van der Waals surface area contributed by atoms with Crippen LogP contribution < -0.4 is 9.64 Å². The number of carbonyl (C=O) groups excluding carboxylic acids is 1. The number of fused-ring (bicyclic) bond motifs is 1. The molecule has 1 aliphatic heterocycles. The summed E-state index contributed by atoms with van der Waals surface area (Å²) >= 11 is 0. The summed E-state index contributed by atoms with van der Waals surface area (Å²) in [6.07, 6.45) is 0.936. The molecule has 1 saturated heterocycles. The number of amides is 1. The first-order valence-corrected chi connectivity index (χ1v) is 9.29. The molecule has 0 atom stereocenters. The zero-order valence-electron chi connectivity index (χ0n) is 15.7. The lowest BCUT2D eigenvalue weighted by Gasteiger charge is -2.25. The SMILES string of the molecule is COc1ccc2[nH]nc(C(=O)N3CCCN(c4ccccc4C)CC3)c2c1. The van der Waals surface area contributed by atoms with Crippen LogP contribution in [0.1, 0.15) is 22.5 Å². The Kier molecular flexibility index (Phi) is 4.71. The number of ether oxygens (including phenoxy) is 1. The Bertz CT molecular complexity index is 966. The van der Waals surface area contributed by atoms with E-state index < -0.39 is 0 Å². The molecule has 2 heterocycles. The van der Waals surface area contributed by atoms with Crippen molar-refractivity contribution in [3.63, 3.8) is 0 Å². The number of aryl methyl sites for hydroxylation is 1. The summed E-state index contributed by atoms with van der Waals surface area (Å²) in [7, 11) is 1.62. The van der Waals surface area contributed by atoms with Crippen LogP contribution in [0.2, 0.25) is 0 Å². The standard InChI is InChI=1S/C21H24N4O2/c1-15-6-3-4-7-19(15)24-10-5-11-25(13-12-24)21(26)20-17-14-16(27-2)8-9-18(17)22-23-20/h3-4,6-9,14H,5,10-13H2,1-2H3,(H,22,23). The van der Waals surface area contributed by atoms with E-state index in [1.54, 1.807) is 7.11 Å². The summed E-state index contributed by atoms with van der Waals surface area (Å²) in [6.45, 7) is 5.32. The van der Waals surface area contributed by atoms with Gasteiger partial charge in [0.15, 0.2) is 5.69 Å². The van der Waals surface area contributed by atoms with E-state index in [0.717, 1.165) is 42.7 Å². The van der Waals surface area contributed by atoms with Crippen LogP contribution in [0.15, 0.2) is 42.5 Å². The lowest BCUT2D eigenvalue weighted by atomic mass is 10.2. The fraction of sp³-hybridized carbons (Fsp3) is 0.333. The molecule has 1 fully saturated rings. The fourth-order valence-corrected chi connectivity index (χ4v) is 3.71. The van der Waals surface area contributed by atoms with E-state index in [-0.39, 0.29) is 5.91 Å². The van der Waals surface area contributed by atoms with Gasteiger partial charge in [-0.1, -0.05) is 18.2 Å². The number of aromatic nitrogens is 2. The number of aromatic amines is 1. The highest BCUT2D eigenvalue weighted by Crippen LogP contribution is 2.24. The summed E-state index contributed by atoms with van der Waals surface area (Å²) in [5.41, 5.74) is 3.83. The second-order valence-corrected chi connectivity index (χ2v) is 6.90. The van der Waals surface area contributed by atoms with Crippen LogP contribution in [-0.2, 0) is 0 Å². The molecule has 6 nitrogen and oxygen atoms in total. The average molecular weight is 364 g/mol. The van der Waals surface area contributed by atoms with E-state index in [9.17, 15) is 4.79 Å². The van der Waals surface area contributed by atoms with Gasteiger partial charge < -0.3 is 14.5 Å². The van der Waals surface area contributed by atoms with Crippen molar-refractivity contribution < 1.29 is 9.53 Å². The van der Waals surface area contributed by atoms with Crippen molar-refractivity contribution in [1.82, 2.24) is 15.1 Å². The highest BCUT2D eigenvalue weighted by Gasteiger charge is 2.24. The molecule has 1 amide bonds. The number of hydrogen-bond donors (Lipinski definition) is 1. The Balaban J connectivity index is 1.54. The number of benzene rings is 2. The number of methoxy groups -OCH3 is 1. The van der Waals surface area contributed by atoms with Crippen LogP contribution in [0.4, 0.5) is 5.69 Å². The van der Waals surface area contributed by atoms with Crippen molar-refractivity contribution in [2.24, 2.45) is 0 Å². The van der Waals surface area contributed by atoms with Gasteiger partial charge in [-0.3, -0.25) is 9.89 Å². The van der Waals surface area contributed by atoms with E-state index in [4.69, 9.17) is 4.74 Å². The van der Waals surface area contributed by atoms with Crippen LogP contribution in [0.3, 0.4) is 0 Å². The van der Waals surface area contributed by atoms with Gasteiger partial charge in [-0.2, -0.15) is 5.10 Å². The molecule has 0 aliphatic carbocycles. The molecular formula is C21H24N4O2. The molecule has 2 aromatic carbocycles. The average Bonchev–Trinajstić information content (AvgIpc) is 2.96. The quantitative estimate of drug-likeness (QED) is 0.775. The second-order valence-electron chi connectivity index (χ2n) is 6.90.